The molecule has 0 aliphatic heterocycles. The summed E-state index contributed by atoms with van der Waals surface area (Å²) in [5, 5.41) is 5.75. The molecule has 1 N–H and O–H groups in total. The third-order valence-electron chi connectivity index (χ3n) is 4.20. The van der Waals surface area contributed by atoms with Gasteiger partial charge in [0.1, 0.15) is 16.3 Å². The van der Waals surface area contributed by atoms with Crippen molar-refractivity contribution < 1.29 is 19.1 Å². The fraction of sp³-hybridized carbons (Fsp3) is 0.182. The Hall–Kier alpha value is -2.83. The molecule has 0 aliphatic rings. The number of halogens is 1. The Balaban J connectivity index is 1.84. The quantitative estimate of drug-likeness (QED) is 0.508. The maximum absolute atomic E-state index is 12.6. The summed E-state index contributed by atoms with van der Waals surface area (Å²) in [5.41, 5.74) is 2.71. The molecule has 0 saturated carbocycles. The lowest BCUT2D eigenvalue weighted by molar-refractivity contribution is -0.115. The molecule has 3 aromatic rings. The molecule has 0 bridgehead atoms. The lowest BCUT2D eigenvalue weighted by atomic mass is 10.0. The fourth-order valence-corrected chi connectivity index (χ4v) is 3.90. The van der Waals surface area contributed by atoms with Crippen LogP contribution in [-0.4, -0.2) is 25.6 Å². The van der Waals surface area contributed by atoms with Gasteiger partial charge in [-0.05, 0) is 42.3 Å². The van der Waals surface area contributed by atoms with Gasteiger partial charge in [-0.2, -0.15) is 0 Å². The van der Waals surface area contributed by atoms with Gasteiger partial charge in [0.05, 0.1) is 20.1 Å². The average Bonchev–Trinajstić information content (AvgIpc) is 3.12. The minimum absolute atomic E-state index is 0.181. The summed E-state index contributed by atoms with van der Waals surface area (Å²) in [6.07, 6.45) is 0.181. The molecule has 2 aromatic carbocycles. The molecule has 1 heterocycles. The highest BCUT2D eigenvalue weighted by Gasteiger charge is 2.22. The number of anilines is 1. The Labute approximate surface area is 178 Å². The molecule has 0 aliphatic carbocycles. The first kappa shape index (κ1) is 20.9. The molecule has 0 radical (unpaired) electrons. The van der Waals surface area contributed by atoms with Crippen molar-refractivity contribution in [2.75, 3.05) is 19.0 Å². The minimum Gasteiger partial charge on any atom is -0.497 e. The van der Waals surface area contributed by atoms with Gasteiger partial charge in [-0.15, -0.1) is 11.3 Å². The van der Waals surface area contributed by atoms with E-state index >= 15 is 0 Å². The average molecular weight is 430 g/mol. The Morgan fingerprint density at radius 3 is 2.38 bits per heavy atom. The molecule has 3 rings (SSSR count). The second kappa shape index (κ2) is 9.58. The monoisotopic (exact) mass is 429 g/mol. The summed E-state index contributed by atoms with van der Waals surface area (Å²) < 4.78 is 10.3. The molecule has 0 spiro atoms. The van der Waals surface area contributed by atoms with Gasteiger partial charge in [0.25, 0.3) is 0 Å². The second-order valence-electron chi connectivity index (χ2n) is 6.15. The highest BCUT2D eigenvalue weighted by atomic mass is 35.5. The lowest BCUT2D eigenvalue weighted by Crippen LogP contribution is -2.16. The Morgan fingerprint density at radius 2 is 1.76 bits per heavy atom. The van der Waals surface area contributed by atoms with Gasteiger partial charge in [-0.1, -0.05) is 35.9 Å². The summed E-state index contributed by atoms with van der Waals surface area (Å²) in [6.45, 7) is 1.99. The summed E-state index contributed by atoms with van der Waals surface area (Å²) in [7, 11) is 1.59. The molecule has 5 nitrogen and oxygen atoms in total. The van der Waals surface area contributed by atoms with Crippen LogP contribution < -0.4 is 10.1 Å². The van der Waals surface area contributed by atoms with Crippen LogP contribution in [0.15, 0.2) is 53.9 Å². The van der Waals surface area contributed by atoms with E-state index in [1.807, 2.05) is 29.6 Å². The SMILES string of the molecule is CCOC(=O)c1c(-c2ccc(Cl)cc2)csc1NC(=O)Cc1ccc(OC)cc1. The summed E-state index contributed by atoms with van der Waals surface area (Å²) in [5.74, 6) is 0.0355. The van der Waals surface area contributed by atoms with Crippen LogP contribution in [0.3, 0.4) is 0 Å². The third-order valence-corrected chi connectivity index (χ3v) is 5.35. The predicted molar refractivity (Wildman–Crippen MR) is 116 cm³/mol. The van der Waals surface area contributed by atoms with Crippen molar-refractivity contribution in [3.8, 4) is 16.9 Å². The van der Waals surface area contributed by atoms with Crippen LogP contribution in [0.5, 0.6) is 5.75 Å². The van der Waals surface area contributed by atoms with Gasteiger partial charge >= 0.3 is 5.97 Å². The van der Waals surface area contributed by atoms with Crippen LogP contribution in [0.4, 0.5) is 5.00 Å². The van der Waals surface area contributed by atoms with Crippen LogP contribution in [0.1, 0.15) is 22.8 Å². The van der Waals surface area contributed by atoms with E-state index in [0.29, 0.717) is 21.2 Å². The van der Waals surface area contributed by atoms with Gasteiger partial charge in [-0.3, -0.25) is 4.79 Å². The van der Waals surface area contributed by atoms with E-state index in [0.717, 1.165) is 16.9 Å². The van der Waals surface area contributed by atoms with Gasteiger partial charge < -0.3 is 14.8 Å². The van der Waals surface area contributed by atoms with Gasteiger partial charge in [-0.25, -0.2) is 4.79 Å². The van der Waals surface area contributed by atoms with E-state index in [1.165, 1.54) is 11.3 Å². The Bertz CT molecular complexity index is 997. The summed E-state index contributed by atoms with van der Waals surface area (Å²) >= 11 is 7.26. The lowest BCUT2D eigenvalue weighted by Gasteiger charge is -2.09. The van der Waals surface area contributed by atoms with Gasteiger partial charge in [0.2, 0.25) is 5.91 Å². The number of thiophene rings is 1. The van der Waals surface area contributed by atoms with Crippen molar-refractivity contribution >= 4 is 39.8 Å². The van der Waals surface area contributed by atoms with Gasteiger partial charge in [0, 0.05) is 16.0 Å². The first-order valence-electron chi connectivity index (χ1n) is 8.99. The van der Waals surface area contributed by atoms with E-state index in [4.69, 9.17) is 21.1 Å². The molecule has 29 heavy (non-hydrogen) atoms. The highest BCUT2D eigenvalue weighted by molar-refractivity contribution is 7.15. The number of benzene rings is 2. The first-order valence-corrected chi connectivity index (χ1v) is 10.2. The molecular weight excluding hydrogens is 410 g/mol. The summed E-state index contributed by atoms with van der Waals surface area (Å²) in [6, 6.07) is 14.4. The van der Waals surface area contributed by atoms with Crippen LogP contribution in [0.25, 0.3) is 11.1 Å². The number of amides is 1. The Morgan fingerprint density at radius 1 is 1.07 bits per heavy atom. The molecule has 1 amide bonds. The zero-order valence-electron chi connectivity index (χ0n) is 16.0. The number of carbonyl (C=O) groups excluding carboxylic acids is 2. The van der Waals surface area contributed by atoms with Crippen molar-refractivity contribution in [3.63, 3.8) is 0 Å². The van der Waals surface area contributed by atoms with E-state index in [1.54, 1.807) is 38.3 Å². The number of nitrogens with one attached hydrogen (secondary N) is 1. The third kappa shape index (κ3) is 5.16. The normalized spacial score (nSPS) is 10.4. The standard InChI is InChI=1S/C22H20ClNO4S/c1-3-28-22(26)20-18(15-6-8-16(23)9-7-15)13-29-21(20)24-19(25)12-14-4-10-17(27-2)11-5-14/h4-11,13H,3,12H2,1-2H3,(H,24,25). The zero-order valence-corrected chi connectivity index (χ0v) is 17.6. The highest BCUT2D eigenvalue weighted by Crippen LogP contribution is 2.36. The van der Waals surface area contributed by atoms with Crippen molar-refractivity contribution in [3.05, 3.63) is 70.1 Å². The molecular formula is C22H20ClNO4S. The van der Waals surface area contributed by atoms with Gasteiger partial charge in [0.15, 0.2) is 0 Å². The maximum atomic E-state index is 12.6. The van der Waals surface area contributed by atoms with E-state index in [-0.39, 0.29) is 18.9 Å². The number of carbonyl (C=O) groups is 2. The number of esters is 1. The number of rotatable bonds is 7. The first-order chi connectivity index (χ1) is 14.0. The smallest absolute Gasteiger partial charge is 0.341 e. The maximum Gasteiger partial charge on any atom is 0.341 e. The van der Waals surface area contributed by atoms with Crippen LogP contribution in [0, 0.1) is 0 Å². The molecule has 0 unspecified atom stereocenters. The van der Waals surface area contributed by atoms with Crippen molar-refractivity contribution in [1.82, 2.24) is 0 Å². The predicted octanol–water partition coefficient (Wildman–Crippen LogP) is 5.44. The van der Waals surface area contributed by atoms with Crippen molar-refractivity contribution in [2.24, 2.45) is 0 Å². The fourth-order valence-electron chi connectivity index (χ4n) is 2.80. The zero-order chi connectivity index (χ0) is 20.8. The van der Waals surface area contributed by atoms with Crippen molar-refractivity contribution in [1.29, 1.82) is 0 Å². The molecule has 7 heteroatoms. The molecule has 0 fully saturated rings. The van der Waals surface area contributed by atoms with E-state index < -0.39 is 5.97 Å². The van der Waals surface area contributed by atoms with Crippen LogP contribution in [0.2, 0.25) is 5.02 Å². The number of hydrogen-bond donors (Lipinski definition) is 1. The topological polar surface area (TPSA) is 64.6 Å². The van der Waals surface area contributed by atoms with E-state index in [2.05, 4.69) is 5.32 Å². The number of ether oxygens (including phenoxy) is 2. The molecule has 0 saturated heterocycles. The van der Waals surface area contributed by atoms with E-state index in [9.17, 15) is 9.59 Å². The molecule has 1 aromatic heterocycles. The summed E-state index contributed by atoms with van der Waals surface area (Å²) in [4.78, 5) is 25.1. The minimum atomic E-state index is -0.474. The largest absolute Gasteiger partial charge is 0.497 e. The number of methoxy groups -OCH3 is 1. The Kier molecular flexibility index (Phi) is 6.90. The molecule has 150 valence electrons. The van der Waals surface area contributed by atoms with Crippen molar-refractivity contribution in [2.45, 2.75) is 13.3 Å². The van der Waals surface area contributed by atoms with Crippen LogP contribution >= 0.6 is 22.9 Å². The van der Waals surface area contributed by atoms with Crippen LogP contribution in [-0.2, 0) is 16.0 Å². The number of hydrogen-bond acceptors (Lipinski definition) is 5. The second-order valence-corrected chi connectivity index (χ2v) is 7.47. The molecule has 0 atom stereocenters.